The first kappa shape index (κ1) is 18.4. The Morgan fingerprint density at radius 3 is 2.63 bits per heavy atom. The lowest BCUT2D eigenvalue weighted by atomic mass is 10.0. The fourth-order valence-electron chi connectivity index (χ4n) is 2.81. The van der Waals surface area contributed by atoms with Crippen LogP contribution in [-0.4, -0.2) is 30.3 Å². The van der Waals surface area contributed by atoms with E-state index in [2.05, 4.69) is 21.6 Å². The van der Waals surface area contributed by atoms with E-state index in [1.807, 2.05) is 26.0 Å². The summed E-state index contributed by atoms with van der Waals surface area (Å²) in [6, 6.07) is 11.3. The smallest absolute Gasteiger partial charge is 0.322 e. The largest absolute Gasteiger partial charge is 0.493 e. The molecule has 0 saturated carbocycles. The molecule has 0 spiro atoms. The number of hydrogen-bond acceptors (Lipinski definition) is 6. The molecule has 0 bridgehead atoms. The van der Waals surface area contributed by atoms with E-state index in [1.54, 1.807) is 18.2 Å². The van der Waals surface area contributed by atoms with E-state index in [-0.39, 0.29) is 6.01 Å². The highest BCUT2D eigenvalue weighted by Crippen LogP contribution is 2.31. The van der Waals surface area contributed by atoms with Crippen LogP contribution in [0.15, 0.2) is 40.8 Å². The molecule has 1 heterocycles. The van der Waals surface area contributed by atoms with Crippen molar-refractivity contribution in [2.24, 2.45) is 0 Å². The molecule has 0 aliphatic heterocycles. The van der Waals surface area contributed by atoms with E-state index in [0.717, 1.165) is 11.1 Å². The van der Waals surface area contributed by atoms with Gasteiger partial charge in [0.25, 0.3) is 5.91 Å². The third-order valence-corrected chi connectivity index (χ3v) is 4.17. The van der Waals surface area contributed by atoms with Crippen molar-refractivity contribution < 1.29 is 18.7 Å². The van der Waals surface area contributed by atoms with Gasteiger partial charge in [0.05, 0.1) is 26.2 Å². The summed E-state index contributed by atoms with van der Waals surface area (Å²) >= 11 is 0. The van der Waals surface area contributed by atoms with Gasteiger partial charge in [0.2, 0.25) is 5.89 Å². The molecule has 0 fully saturated rings. The molecule has 0 aliphatic carbocycles. The summed E-state index contributed by atoms with van der Waals surface area (Å²) in [6.45, 7) is 4.08. The van der Waals surface area contributed by atoms with Gasteiger partial charge >= 0.3 is 6.01 Å². The van der Waals surface area contributed by atoms with Crippen molar-refractivity contribution in [2.75, 3.05) is 19.5 Å². The lowest BCUT2D eigenvalue weighted by Gasteiger charge is -2.11. The summed E-state index contributed by atoms with van der Waals surface area (Å²) in [5.74, 6) is 0.807. The summed E-state index contributed by atoms with van der Waals surface area (Å²) in [5, 5.41) is 10.5. The number of ether oxygens (including phenoxy) is 2. The van der Waals surface area contributed by atoms with Crippen molar-refractivity contribution in [1.82, 2.24) is 10.2 Å². The number of aryl methyl sites for hydroxylation is 2. The van der Waals surface area contributed by atoms with Gasteiger partial charge in [-0.05, 0) is 37.1 Å². The Balaban J connectivity index is 1.75. The predicted molar refractivity (Wildman–Crippen MR) is 101 cm³/mol. The van der Waals surface area contributed by atoms with E-state index >= 15 is 0 Å². The Kier molecular flexibility index (Phi) is 5.40. The Hall–Kier alpha value is -3.35. The first-order valence-corrected chi connectivity index (χ1v) is 8.42. The zero-order chi connectivity index (χ0) is 19.4. The van der Waals surface area contributed by atoms with Gasteiger partial charge in [0.15, 0.2) is 11.5 Å². The number of carbonyl (C=O) groups is 1. The summed E-state index contributed by atoms with van der Waals surface area (Å²) in [6.07, 6.45) is 0.497. The predicted octanol–water partition coefficient (Wildman–Crippen LogP) is 3.55. The number of methoxy groups -OCH3 is 2. The van der Waals surface area contributed by atoms with Crippen LogP contribution in [0.5, 0.6) is 11.5 Å². The summed E-state index contributed by atoms with van der Waals surface area (Å²) < 4.78 is 16.1. The van der Waals surface area contributed by atoms with Gasteiger partial charge < -0.3 is 13.9 Å². The first-order chi connectivity index (χ1) is 13.0. The minimum Gasteiger partial charge on any atom is -0.493 e. The first-order valence-electron chi connectivity index (χ1n) is 8.42. The van der Waals surface area contributed by atoms with Crippen molar-refractivity contribution in [3.63, 3.8) is 0 Å². The second kappa shape index (κ2) is 7.90. The van der Waals surface area contributed by atoms with Crippen LogP contribution in [0.1, 0.15) is 32.9 Å². The number of anilines is 1. The molecule has 27 heavy (non-hydrogen) atoms. The van der Waals surface area contributed by atoms with E-state index < -0.39 is 5.91 Å². The fourth-order valence-corrected chi connectivity index (χ4v) is 2.81. The molecule has 0 radical (unpaired) electrons. The zero-order valence-electron chi connectivity index (χ0n) is 15.7. The second-order valence-corrected chi connectivity index (χ2v) is 6.10. The molecule has 1 amide bonds. The van der Waals surface area contributed by atoms with Gasteiger partial charge in [-0.2, -0.15) is 0 Å². The average Bonchev–Trinajstić information content (AvgIpc) is 3.10. The molecule has 7 nitrogen and oxygen atoms in total. The van der Waals surface area contributed by atoms with Crippen LogP contribution in [0.2, 0.25) is 0 Å². The maximum Gasteiger partial charge on any atom is 0.322 e. The number of aromatic nitrogens is 2. The Labute approximate surface area is 157 Å². The molecule has 1 N–H and O–H groups in total. The molecular weight excluding hydrogens is 346 g/mol. The normalized spacial score (nSPS) is 10.5. The number of nitrogens with one attached hydrogen (secondary N) is 1. The van der Waals surface area contributed by atoms with Crippen LogP contribution in [-0.2, 0) is 6.42 Å². The summed E-state index contributed by atoms with van der Waals surface area (Å²) in [4.78, 5) is 12.5. The second-order valence-electron chi connectivity index (χ2n) is 6.10. The maximum atomic E-state index is 12.5. The number of amides is 1. The Bertz CT molecular complexity index is 966. The minimum absolute atomic E-state index is 0.0321. The lowest BCUT2D eigenvalue weighted by molar-refractivity contribution is 0.102. The standard InChI is InChI=1S/C20H21N3O4/c1-12-8-9-14(13(2)10-12)11-17-22-23-20(27-17)21-19(24)15-6-5-7-16(25-3)18(15)26-4/h5-10H,11H2,1-4H3,(H,21,23,24). The van der Waals surface area contributed by atoms with Crippen LogP contribution in [0.25, 0.3) is 0 Å². The Morgan fingerprint density at radius 1 is 1.11 bits per heavy atom. The van der Waals surface area contributed by atoms with E-state index in [4.69, 9.17) is 13.9 Å². The number of benzene rings is 2. The summed E-state index contributed by atoms with van der Waals surface area (Å²) in [7, 11) is 2.99. The van der Waals surface area contributed by atoms with E-state index in [0.29, 0.717) is 29.4 Å². The highest BCUT2D eigenvalue weighted by molar-refractivity contribution is 6.05. The van der Waals surface area contributed by atoms with Gasteiger partial charge in [-0.25, -0.2) is 0 Å². The van der Waals surface area contributed by atoms with Crippen LogP contribution >= 0.6 is 0 Å². The molecule has 0 saturated heterocycles. The average molecular weight is 367 g/mol. The maximum absolute atomic E-state index is 12.5. The van der Waals surface area contributed by atoms with Gasteiger partial charge in [0.1, 0.15) is 0 Å². The molecule has 1 aromatic heterocycles. The van der Waals surface area contributed by atoms with Crippen LogP contribution in [0, 0.1) is 13.8 Å². The Morgan fingerprint density at radius 2 is 1.93 bits per heavy atom. The number of para-hydroxylation sites is 1. The number of carbonyl (C=O) groups excluding carboxylic acids is 1. The van der Waals surface area contributed by atoms with Crippen LogP contribution < -0.4 is 14.8 Å². The van der Waals surface area contributed by atoms with Crippen molar-refractivity contribution in [3.8, 4) is 11.5 Å². The third kappa shape index (κ3) is 4.08. The SMILES string of the molecule is COc1cccc(C(=O)Nc2nnc(Cc3ccc(C)cc3C)o2)c1OC. The molecule has 3 aromatic rings. The van der Waals surface area contributed by atoms with Crippen molar-refractivity contribution in [1.29, 1.82) is 0 Å². The van der Waals surface area contributed by atoms with Crippen molar-refractivity contribution >= 4 is 11.9 Å². The van der Waals surface area contributed by atoms with Gasteiger partial charge in [-0.15, -0.1) is 5.10 Å². The van der Waals surface area contributed by atoms with Gasteiger partial charge in [-0.1, -0.05) is 34.9 Å². The van der Waals surface area contributed by atoms with E-state index in [1.165, 1.54) is 19.8 Å². The van der Waals surface area contributed by atoms with Crippen LogP contribution in [0.3, 0.4) is 0 Å². The molecule has 0 atom stereocenters. The van der Waals surface area contributed by atoms with E-state index in [9.17, 15) is 4.79 Å². The van der Waals surface area contributed by atoms with Crippen molar-refractivity contribution in [2.45, 2.75) is 20.3 Å². The third-order valence-electron chi connectivity index (χ3n) is 4.17. The quantitative estimate of drug-likeness (QED) is 0.717. The minimum atomic E-state index is -0.424. The van der Waals surface area contributed by atoms with Crippen molar-refractivity contribution in [3.05, 3.63) is 64.5 Å². The molecule has 0 aliphatic rings. The number of nitrogens with zero attached hydrogens (tertiary/aromatic N) is 2. The summed E-state index contributed by atoms with van der Waals surface area (Å²) in [5.41, 5.74) is 3.75. The molecule has 2 aromatic carbocycles. The van der Waals surface area contributed by atoms with Gasteiger partial charge in [0, 0.05) is 0 Å². The molecule has 3 rings (SSSR count). The fraction of sp³-hybridized carbons (Fsp3) is 0.250. The molecule has 0 unspecified atom stereocenters. The zero-order valence-corrected chi connectivity index (χ0v) is 15.7. The topological polar surface area (TPSA) is 86.5 Å². The molecular formula is C20H21N3O4. The van der Waals surface area contributed by atoms with Crippen LogP contribution in [0.4, 0.5) is 6.01 Å². The monoisotopic (exact) mass is 367 g/mol. The highest BCUT2D eigenvalue weighted by Gasteiger charge is 2.19. The number of hydrogen-bond donors (Lipinski definition) is 1. The highest BCUT2D eigenvalue weighted by atomic mass is 16.5. The number of rotatable bonds is 6. The van der Waals surface area contributed by atoms with Gasteiger partial charge in [-0.3, -0.25) is 10.1 Å². The lowest BCUT2D eigenvalue weighted by Crippen LogP contribution is -2.13. The molecule has 140 valence electrons. The molecule has 7 heteroatoms.